The maximum atomic E-state index is 12.6. The molecule has 0 fully saturated rings. The molecular formula is C18H22O5S. The summed E-state index contributed by atoms with van der Waals surface area (Å²) in [6.45, 7) is 3.33. The topological polar surface area (TPSA) is 61.8 Å². The lowest BCUT2D eigenvalue weighted by atomic mass is 10.0. The first-order valence-electron chi connectivity index (χ1n) is 7.52. The van der Waals surface area contributed by atoms with Crippen LogP contribution in [0, 0.1) is 6.92 Å². The van der Waals surface area contributed by atoms with E-state index in [4.69, 9.17) is 13.7 Å². The fraction of sp³-hybridized carbons (Fsp3) is 0.333. The van der Waals surface area contributed by atoms with Gasteiger partial charge in [-0.2, -0.15) is 8.42 Å². The van der Waals surface area contributed by atoms with E-state index in [0.29, 0.717) is 11.1 Å². The van der Waals surface area contributed by atoms with Gasteiger partial charge < -0.3 is 9.47 Å². The van der Waals surface area contributed by atoms with Crippen LogP contribution in [-0.4, -0.2) is 28.7 Å². The van der Waals surface area contributed by atoms with Gasteiger partial charge in [0.2, 0.25) is 5.79 Å². The van der Waals surface area contributed by atoms with Crippen molar-refractivity contribution in [1.29, 1.82) is 0 Å². The third-order valence-corrected chi connectivity index (χ3v) is 5.49. The maximum absolute atomic E-state index is 12.6. The molecule has 0 saturated carbocycles. The van der Waals surface area contributed by atoms with Crippen molar-refractivity contribution in [3.8, 4) is 0 Å². The molecule has 0 heterocycles. The highest BCUT2D eigenvalue weighted by Gasteiger charge is 2.42. The van der Waals surface area contributed by atoms with Gasteiger partial charge in [-0.05, 0) is 25.5 Å². The normalized spacial score (nSPS) is 13.7. The van der Waals surface area contributed by atoms with Gasteiger partial charge in [-0.25, -0.2) is 0 Å². The van der Waals surface area contributed by atoms with Crippen LogP contribution in [0.4, 0.5) is 0 Å². The van der Waals surface area contributed by atoms with E-state index >= 15 is 0 Å². The summed E-state index contributed by atoms with van der Waals surface area (Å²) < 4.78 is 41.8. The Balaban J connectivity index is 2.39. The molecule has 1 atom stereocenters. The van der Waals surface area contributed by atoms with Crippen molar-refractivity contribution < 1.29 is 22.1 Å². The first kappa shape index (κ1) is 18.6. The highest BCUT2D eigenvalue weighted by atomic mass is 32.2. The minimum atomic E-state index is -3.96. The van der Waals surface area contributed by atoms with Crippen molar-refractivity contribution in [1.82, 2.24) is 0 Å². The predicted molar refractivity (Wildman–Crippen MR) is 91.0 cm³/mol. The van der Waals surface area contributed by atoms with Gasteiger partial charge in [0.15, 0.2) is 0 Å². The Bertz CT molecular complexity index is 767. The largest absolute Gasteiger partial charge is 0.347 e. The monoisotopic (exact) mass is 350 g/mol. The second-order valence-electron chi connectivity index (χ2n) is 5.40. The molecule has 24 heavy (non-hydrogen) atoms. The molecule has 0 spiro atoms. The molecule has 6 heteroatoms. The number of benzene rings is 2. The number of rotatable bonds is 7. The van der Waals surface area contributed by atoms with Crippen LogP contribution in [0.2, 0.25) is 0 Å². The zero-order valence-corrected chi connectivity index (χ0v) is 15.0. The fourth-order valence-corrected chi connectivity index (χ4v) is 4.02. The Morgan fingerprint density at radius 2 is 1.46 bits per heavy atom. The number of methoxy groups -OCH3 is 2. The molecule has 2 aromatic carbocycles. The number of ether oxygens (including phenoxy) is 2. The number of hydrogen-bond donors (Lipinski definition) is 0. The summed E-state index contributed by atoms with van der Waals surface area (Å²) in [7, 11) is -1.05. The van der Waals surface area contributed by atoms with Crippen LogP contribution in [0.15, 0.2) is 59.5 Å². The lowest BCUT2D eigenvalue weighted by Crippen LogP contribution is -2.44. The molecule has 1 unspecified atom stereocenters. The van der Waals surface area contributed by atoms with Gasteiger partial charge in [-0.3, -0.25) is 4.18 Å². The molecule has 0 N–H and O–H groups in total. The first-order chi connectivity index (χ1) is 11.4. The Hall–Kier alpha value is -1.73. The van der Waals surface area contributed by atoms with E-state index in [0.717, 1.165) is 0 Å². The molecule has 0 amide bonds. The molecule has 0 radical (unpaired) electrons. The lowest BCUT2D eigenvalue weighted by molar-refractivity contribution is -0.257. The van der Waals surface area contributed by atoms with Crippen LogP contribution in [0.3, 0.4) is 0 Å². The molecule has 0 aliphatic carbocycles. The van der Waals surface area contributed by atoms with Crippen molar-refractivity contribution in [3.05, 3.63) is 65.7 Å². The van der Waals surface area contributed by atoms with E-state index in [-0.39, 0.29) is 4.90 Å². The maximum Gasteiger partial charge on any atom is 0.297 e. The van der Waals surface area contributed by atoms with Crippen LogP contribution < -0.4 is 0 Å². The zero-order valence-electron chi connectivity index (χ0n) is 14.2. The molecule has 0 aliphatic rings. The van der Waals surface area contributed by atoms with Gasteiger partial charge >= 0.3 is 0 Å². The summed E-state index contributed by atoms with van der Waals surface area (Å²) in [5, 5.41) is 0. The summed E-state index contributed by atoms with van der Waals surface area (Å²) in [6.07, 6.45) is -0.903. The Morgan fingerprint density at radius 1 is 0.917 bits per heavy atom. The van der Waals surface area contributed by atoms with Crippen LogP contribution in [0.25, 0.3) is 0 Å². The highest BCUT2D eigenvalue weighted by molar-refractivity contribution is 7.86. The molecule has 0 aliphatic heterocycles. The van der Waals surface area contributed by atoms with Crippen LogP contribution in [-0.2, 0) is 29.6 Å². The summed E-state index contributed by atoms with van der Waals surface area (Å²) in [5.74, 6) is -1.34. The van der Waals surface area contributed by atoms with Gasteiger partial charge in [-0.1, -0.05) is 48.5 Å². The average Bonchev–Trinajstić information content (AvgIpc) is 2.57. The number of hydrogen-bond acceptors (Lipinski definition) is 5. The van der Waals surface area contributed by atoms with E-state index in [1.165, 1.54) is 20.3 Å². The number of aryl methyl sites for hydroxylation is 1. The molecular weight excluding hydrogens is 328 g/mol. The van der Waals surface area contributed by atoms with E-state index in [1.807, 2.05) is 18.2 Å². The quantitative estimate of drug-likeness (QED) is 0.567. The standard InChI is InChI=1S/C18H22O5S/c1-14-10-8-9-13-17(14)24(19,20)23-15(2)18(21-3,22-4)16-11-6-5-7-12-16/h5-13,15H,1-4H3. The molecule has 2 rings (SSSR count). The molecule has 130 valence electrons. The molecule has 2 aromatic rings. The predicted octanol–water partition coefficient (Wildman–Crippen LogP) is 3.23. The smallest absolute Gasteiger partial charge is 0.297 e. The van der Waals surface area contributed by atoms with Crippen LogP contribution >= 0.6 is 0 Å². The van der Waals surface area contributed by atoms with Gasteiger partial charge in [-0.15, -0.1) is 0 Å². The van der Waals surface area contributed by atoms with Crippen LogP contribution in [0.5, 0.6) is 0 Å². The summed E-state index contributed by atoms with van der Waals surface area (Å²) in [6, 6.07) is 15.8. The lowest BCUT2D eigenvalue weighted by Gasteiger charge is -2.36. The van der Waals surface area contributed by atoms with Gasteiger partial charge in [0.1, 0.15) is 6.10 Å². The third kappa shape index (κ3) is 3.52. The van der Waals surface area contributed by atoms with Crippen molar-refractivity contribution in [2.45, 2.75) is 30.6 Å². The van der Waals surface area contributed by atoms with E-state index < -0.39 is 22.0 Å². The Labute approximate surface area is 143 Å². The average molecular weight is 350 g/mol. The summed E-state index contributed by atoms with van der Waals surface area (Å²) in [5.41, 5.74) is 1.28. The zero-order chi connectivity index (χ0) is 17.8. The van der Waals surface area contributed by atoms with E-state index in [9.17, 15) is 8.42 Å². The highest BCUT2D eigenvalue weighted by Crippen LogP contribution is 2.33. The van der Waals surface area contributed by atoms with Crippen molar-refractivity contribution >= 4 is 10.1 Å². The minimum Gasteiger partial charge on any atom is -0.347 e. The molecule has 5 nitrogen and oxygen atoms in total. The molecule has 0 aromatic heterocycles. The minimum absolute atomic E-state index is 0.131. The Kier molecular flexibility index (Phi) is 5.77. The van der Waals surface area contributed by atoms with Gasteiger partial charge in [0, 0.05) is 19.8 Å². The molecule has 0 saturated heterocycles. The second kappa shape index (κ2) is 7.44. The fourth-order valence-electron chi connectivity index (χ4n) is 2.70. The summed E-state index contributed by atoms with van der Waals surface area (Å²) >= 11 is 0. The third-order valence-electron chi connectivity index (χ3n) is 3.95. The van der Waals surface area contributed by atoms with Crippen molar-refractivity contribution in [2.75, 3.05) is 14.2 Å². The van der Waals surface area contributed by atoms with Gasteiger partial charge in [0.05, 0.1) is 4.90 Å². The van der Waals surface area contributed by atoms with Gasteiger partial charge in [0.25, 0.3) is 10.1 Å². The van der Waals surface area contributed by atoms with E-state index in [2.05, 4.69) is 0 Å². The molecule has 0 bridgehead atoms. The second-order valence-corrected chi connectivity index (χ2v) is 6.94. The van der Waals surface area contributed by atoms with Crippen molar-refractivity contribution in [3.63, 3.8) is 0 Å². The SMILES string of the molecule is COC(OC)(c1ccccc1)C(C)OS(=O)(=O)c1ccccc1C. The Morgan fingerprint density at radius 3 is 2.00 bits per heavy atom. The first-order valence-corrected chi connectivity index (χ1v) is 8.93. The van der Waals surface area contributed by atoms with E-state index in [1.54, 1.807) is 44.2 Å². The van der Waals surface area contributed by atoms with Crippen LogP contribution in [0.1, 0.15) is 18.1 Å². The summed E-state index contributed by atoms with van der Waals surface area (Å²) in [4.78, 5) is 0.131. The van der Waals surface area contributed by atoms with Crippen molar-refractivity contribution in [2.24, 2.45) is 0 Å².